The summed E-state index contributed by atoms with van der Waals surface area (Å²) in [6.45, 7) is 0.522. The largest absolute Gasteiger partial charge is 0.356 e. The highest BCUT2D eigenvalue weighted by Gasteiger charge is 2.48. The number of nitrogens with one attached hydrogen (secondary N) is 2. The summed E-state index contributed by atoms with van der Waals surface area (Å²) >= 11 is 3.49. The number of halogens is 1. The van der Waals surface area contributed by atoms with Crippen LogP contribution in [0.25, 0.3) is 10.9 Å². The summed E-state index contributed by atoms with van der Waals surface area (Å²) in [4.78, 5) is 45.3. The molecule has 1 saturated heterocycles. The fourth-order valence-corrected chi connectivity index (χ4v) is 5.59. The molecule has 8 nitrogen and oxygen atoms in total. The molecule has 0 unspecified atom stereocenters. The van der Waals surface area contributed by atoms with Gasteiger partial charge in [-0.25, -0.2) is 5.48 Å². The van der Waals surface area contributed by atoms with Crippen LogP contribution in [0.4, 0.5) is 0 Å². The Hall–Kier alpha value is -3.17. The summed E-state index contributed by atoms with van der Waals surface area (Å²) in [5.74, 6) is -0.511. The van der Waals surface area contributed by atoms with Gasteiger partial charge < -0.3 is 14.8 Å². The number of H-pyrrole nitrogens is 1. The van der Waals surface area contributed by atoms with E-state index in [1.807, 2.05) is 42.5 Å². The second kappa shape index (κ2) is 9.83. The number of fused-ring (bicyclic) bond motifs is 4. The van der Waals surface area contributed by atoms with Crippen molar-refractivity contribution in [2.45, 2.75) is 44.2 Å². The monoisotopic (exact) mass is 538 g/mol. The first kappa shape index (κ1) is 23.6. The van der Waals surface area contributed by atoms with Gasteiger partial charge in [-0.15, -0.1) is 0 Å². The van der Waals surface area contributed by atoms with Crippen molar-refractivity contribution >= 4 is 44.6 Å². The van der Waals surface area contributed by atoms with Crippen LogP contribution in [0.5, 0.6) is 0 Å². The minimum atomic E-state index is -0.559. The maximum absolute atomic E-state index is 13.6. The third-order valence-electron chi connectivity index (χ3n) is 6.98. The van der Waals surface area contributed by atoms with E-state index in [4.69, 9.17) is 5.21 Å². The number of hydroxylamine groups is 1. The second-order valence-electron chi connectivity index (χ2n) is 9.14. The van der Waals surface area contributed by atoms with Crippen LogP contribution in [0.15, 0.2) is 53.0 Å². The number of unbranched alkanes of at least 4 members (excludes halogenated alkanes) is 2. The molecule has 0 aliphatic carbocycles. The van der Waals surface area contributed by atoms with Gasteiger partial charge in [-0.3, -0.25) is 19.6 Å². The highest BCUT2D eigenvalue weighted by molar-refractivity contribution is 9.10. The summed E-state index contributed by atoms with van der Waals surface area (Å²) in [6, 6.07) is 15.1. The Morgan fingerprint density at radius 1 is 1.09 bits per heavy atom. The van der Waals surface area contributed by atoms with Gasteiger partial charge in [0.15, 0.2) is 0 Å². The van der Waals surface area contributed by atoms with Gasteiger partial charge in [0.1, 0.15) is 6.04 Å². The molecular weight excluding hydrogens is 512 g/mol. The lowest BCUT2D eigenvalue weighted by molar-refractivity contribution is -0.158. The van der Waals surface area contributed by atoms with Gasteiger partial charge in [-0.1, -0.05) is 52.7 Å². The van der Waals surface area contributed by atoms with Crippen LogP contribution < -0.4 is 5.48 Å². The number of piperazine rings is 1. The lowest BCUT2D eigenvalue weighted by Crippen LogP contribution is -2.63. The van der Waals surface area contributed by atoms with Crippen LogP contribution in [-0.2, 0) is 20.8 Å². The van der Waals surface area contributed by atoms with Crippen molar-refractivity contribution in [3.63, 3.8) is 0 Å². The van der Waals surface area contributed by atoms with Crippen molar-refractivity contribution in [1.29, 1.82) is 0 Å². The number of carbonyl (C=O) groups excluding carboxylic acids is 3. The fraction of sp³-hybridized carbons (Fsp3) is 0.346. The Morgan fingerprint density at radius 2 is 1.86 bits per heavy atom. The first-order chi connectivity index (χ1) is 17.0. The second-order valence-corrected chi connectivity index (χ2v) is 10.1. The number of hydrogen-bond donors (Lipinski definition) is 3. The number of para-hydroxylation sites is 1. The minimum Gasteiger partial charge on any atom is -0.356 e. The summed E-state index contributed by atoms with van der Waals surface area (Å²) in [5.41, 5.74) is 5.66. The number of amides is 3. The van der Waals surface area contributed by atoms with Crippen molar-refractivity contribution in [2.24, 2.45) is 0 Å². The normalized spacial score (nSPS) is 19.6. The van der Waals surface area contributed by atoms with Gasteiger partial charge in [-0.05, 0) is 42.2 Å². The number of aromatic nitrogens is 1. The van der Waals surface area contributed by atoms with E-state index in [-0.39, 0.29) is 30.8 Å². The lowest BCUT2D eigenvalue weighted by atomic mass is 9.86. The van der Waals surface area contributed by atoms with E-state index in [9.17, 15) is 14.4 Å². The highest BCUT2D eigenvalue weighted by atomic mass is 79.9. The van der Waals surface area contributed by atoms with Crippen molar-refractivity contribution < 1.29 is 19.6 Å². The van der Waals surface area contributed by atoms with Gasteiger partial charge >= 0.3 is 0 Å². The van der Waals surface area contributed by atoms with Gasteiger partial charge in [-0.2, -0.15) is 0 Å². The Bertz CT molecular complexity index is 1270. The number of rotatable bonds is 7. The number of carbonyl (C=O) groups is 3. The quantitative estimate of drug-likeness (QED) is 0.242. The minimum absolute atomic E-state index is 0.0317. The van der Waals surface area contributed by atoms with Gasteiger partial charge in [0.25, 0.3) is 0 Å². The predicted molar refractivity (Wildman–Crippen MR) is 134 cm³/mol. The molecule has 3 heterocycles. The van der Waals surface area contributed by atoms with Crippen LogP contribution in [0, 0.1) is 0 Å². The molecule has 2 aliphatic heterocycles. The van der Waals surface area contributed by atoms with Gasteiger partial charge in [0, 0.05) is 40.5 Å². The molecule has 0 radical (unpaired) electrons. The van der Waals surface area contributed by atoms with E-state index in [0.717, 1.165) is 38.6 Å². The van der Waals surface area contributed by atoms with Crippen molar-refractivity contribution in [2.75, 3.05) is 13.1 Å². The number of benzene rings is 2. The van der Waals surface area contributed by atoms with Crippen LogP contribution >= 0.6 is 15.9 Å². The molecule has 2 aliphatic rings. The Balaban J connectivity index is 1.43. The zero-order valence-corrected chi connectivity index (χ0v) is 20.8. The van der Waals surface area contributed by atoms with Gasteiger partial charge in [0.2, 0.25) is 17.7 Å². The van der Waals surface area contributed by atoms with Crippen molar-refractivity contribution in [3.8, 4) is 0 Å². The zero-order chi connectivity index (χ0) is 24.5. The molecule has 0 spiro atoms. The molecule has 9 heteroatoms. The van der Waals surface area contributed by atoms with Gasteiger partial charge in [0.05, 0.1) is 12.6 Å². The molecule has 0 saturated carbocycles. The van der Waals surface area contributed by atoms with Crippen LogP contribution in [0.2, 0.25) is 0 Å². The zero-order valence-electron chi connectivity index (χ0n) is 19.2. The van der Waals surface area contributed by atoms with Crippen molar-refractivity contribution in [1.82, 2.24) is 20.3 Å². The van der Waals surface area contributed by atoms with Crippen molar-refractivity contribution in [3.05, 3.63) is 69.8 Å². The van der Waals surface area contributed by atoms with E-state index in [2.05, 4.69) is 27.0 Å². The summed E-state index contributed by atoms with van der Waals surface area (Å²) in [5, 5.41) is 9.69. The first-order valence-electron chi connectivity index (χ1n) is 11.9. The third-order valence-corrected chi connectivity index (χ3v) is 7.51. The third kappa shape index (κ3) is 4.46. The smallest absolute Gasteiger partial charge is 0.246 e. The number of aromatic amines is 1. The number of nitrogens with zero attached hydrogens (tertiary/aromatic N) is 2. The van der Waals surface area contributed by atoms with Crippen LogP contribution in [0.3, 0.4) is 0 Å². The molecule has 1 fully saturated rings. The van der Waals surface area contributed by atoms with Crippen LogP contribution in [0.1, 0.15) is 48.5 Å². The van der Waals surface area contributed by atoms with E-state index in [0.29, 0.717) is 25.8 Å². The molecule has 2 atom stereocenters. The predicted octanol–water partition coefficient (Wildman–Crippen LogP) is 3.68. The molecule has 0 bridgehead atoms. The molecule has 2 aromatic carbocycles. The Kier molecular flexibility index (Phi) is 6.62. The molecular formula is C26H27BrN4O4. The fourth-order valence-electron chi connectivity index (χ4n) is 5.33. The van der Waals surface area contributed by atoms with E-state index in [1.165, 1.54) is 0 Å². The summed E-state index contributed by atoms with van der Waals surface area (Å²) < 4.78 is 0.953. The van der Waals surface area contributed by atoms with E-state index >= 15 is 0 Å². The molecule has 35 heavy (non-hydrogen) atoms. The molecule has 5 rings (SSSR count). The molecule has 3 amide bonds. The average Bonchev–Trinajstić information content (AvgIpc) is 3.24. The highest BCUT2D eigenvalue weighted by Crippen LogP contribution is 2.42. The molecule has 3 N–H and O–H groups in total. The lowest BCUT2D eigenvalue weighted by Gasteiger charge is -2.47. The summed E-state index contributed by atoms with van der Waals surface area (Å²) in [7, 11) is 0. The topological polar surface area (TPSA) is 106 Å². The SMILES string of the molecule is O=C(CCCCCN1CC(=O)N2[C@H](c3ccc(Br)cc3)c3[nH]c4ccccc4c3C[C@@H]2C1=O)NO. The molecule has 182 valence electrons. The van der Waals surface area contributed by atoms with E-state index in [1.54, 1.807) is 15.3 Å². The number of hydrogen-bond acceptors (Lipinski definition) is 4. The Morgan fingerprint density at radius 3 is 2.63 bits per heavy atom. The van der Waals surface area contributed by atoms with Crippen LogP contribution in [-0.4, -0.2) is 56.8 Å². The molecule has 3 aromatic rings. The standard InChI is InChI=1S/C26H27BrN4O4/c27-17-11-9-16(10-12-17)25-24-19(18-6-3-4-7-20(18)28-24)14-21-26(34)30(15-23(33)31(21)25)13-5-1-2-8-22(32)29-35/h3-4,6-7,9-12,21,25,28,35H,1-2,5,8,13-15H2,(H,29,32)/t21-,25-/m1/s1. The average molecular weight is 539 g/mol. The maximum atomic E-state index is 13.6. The maximum Gasteiger partial charge on any atom is 0.246 e. The van der Waals surface area contributed by atoms with E-state index < -0.39 is 11.9 Å². The first-order valence-corrected chi connectivity index (χ1v) is 12.6. The summed E-state index contributed by atoms with van der Waals surface area (Å²) in [6.07, 6.45) is 2.75. The Labute approximate surface area is 211 Å². The molecule has 1 aromatic heterocycles.